The van der Waals surface area contributed by atoms with Gasteiger partial charge >= 0.3 is 0 Å². The monoisotopic (exact) mass is 184 g/mol. The van der Waals surface area contributed by atoms with Gasteiger partial charge in [0, 0.05) is 11.1 Å². The maximum Gasteiger partial charge on any atom is 0.0160 e. The lowest BCUT2D eigenvalue weighted by atomic mass is 9.76. The highest BCUT2D eigenvalue weighted by atomic mass is 14.8. The third-order valence-electron chi connectivity index (χ3n) is 2.66. The molecule has 0 unspecified atom stereocenters. The summed E-state index contributed by atoms with van der Waals surface area (Å²) in [6.07, 6.45) is 4.54. The van der Waals surface area contributed by atoms with E-state index in [1.807, 2.05) is 0 Å². The smallest absolute Gasteiger partial charge is 0.0160 e. The summed E-state index contributed by atoms with van der Waals surface area (Å²) in [7, 11) is 0. The van der Waals surface area contributed by atoms with Gasteiger partial charge in [0.05, 0.1) is 0 Å². The SMILES string of the molecule is CC(C)(N)CC(C)(C)CC1(N)CC1. The van der Waals surface area contributed by atoms with E-state index in [9.17, 15) is 0 Å². The molecule has 0 radical (unpaired) electrons. The predicted octanol–water partition coefficient (Wildman–Crippen LogP) is 2.02. The summed E-state index contributed by atoms with van der Waals surface area (Å²) in [5.74, 6) is 0. The van der Waals surface area contributed by atoms with E-state index in [-0.39, 0.29) is 16.5 Å². The molecule has 0 aromatic rings. The van der Waals surface area contributed by atoms with Gasteiger partial charge in [-0.05, 0) is 44.9 Å². The normalized spacial score (nSPS) is 21.7. The van der Waals surface area contributed by atoms with Gasteiger partial charge in [0.25, 0.3) is 0 Å². The molecule has 1 aliphatic rings. The van der Waals surface area contributed by atoms with Gasteiger partial charge in [-0.1, -0.05) is 13.8 Å². The Morgan fingerprint density at radius 3 is 1.92 bits per heavy atom. The van der Waals surface area contributed by atoms with Crippen molar-refractivity contribution in [3.63, 3.8) is 0 Å². The van der Waals surface area contributed by atoms with Crippen molar-refractivity contribution in [2.24, 2.45) is 16.9 Å². The first kappa shape index (κ1) is 11.0. The van der Waals surface area contributed by atoms with Crippen molar-refractivity contribution in [3.8, 4) is 0 Å². The zero-order valence-corrected chi connectivity index (χ0v) is 9.48. The third kappa shape index (κ3) is 4.10. The first-order valence-electron chi connectivity index (χ1n) is 5.20. The molecule has 4 N–H and O–H groups in total. The van der Waals surface area contributed by atoms with E-state index < -0.39 is 0 Å². The second-order valence-electron chi connectivity index (χ2n) is 6.37. The fraction of sp³-hybridized carbons (Fsp3) is 1.00. The fourth-order valence-electron chi connectivity index (χ4n) is 2.59. The Morgan fingerprint density at radius 1 is 1.15 bits per heavy atom. The van der Waals surface area contributed by atoms with E-state index in [0.29, 0.717) is 0 Å². The highest BCUT2D eigenvalue weighted by molar-refractivity contribution is 5.02. The summed E-state index contributed by atoms with van der Waals surface area (Å²) in [6.45, 7) is 8.72. The predicted molar refractivity (Wildman–Crippen MR) is 57.4 cm³/mol. The van der Waals surface area contributed by atoms with Crippen LogP contribution in [0.3, 0.4) is 0 Å². The summed E-state index contributed by atoms with van der Waals surface area (Å²) in [5, 5.41) is 0. The summed E-state index contributed by atoms with van der Waals surface area (Å²) in [5.41, 5.74) is 12.5. The molecule has 0 amide bonds. The highest BCUT2D eigenvalue weighted by Gasteiger charge is 2.43. The minimum absolute atomic E-state index is 0.0747. The molecule has 78 valence electrons. The first-order valence-corrected chi connectivity index (χ1v) is 5.20. The second kappa shape index (κ2) is 2.96. The Hall–Kier alpha value is -0.0800. The lowest BCUT2D eigenvalue weighted by Gasteiger charge is -2.34. The highest BCUT2D eigenvalue weighted by Crippen LogP contribution is 2.44. The Balaban J connectivity index is 2.46. The van der Waals surface area contributed by atoms with Gasteiger partial charge in [-0.3, -0.25) is 0 Å². The Kier molecular flexibility index (Phi) is 2.50. The van der Waals surface area contributed by atoms with Crippen LogP contribution in [0.5, 0.6) is 0 Å². The zero-order chi connectivity index (χ0) is 10.3. The Bertz CT molecular complexity index is 176. The number of hydrogen-bond donors (Lipinski definition) is 2. The molecule has 0 bridgehead atoms. The van der Waals surface area contributed by atoms with Crippen LogP contribution in [0.1, 0.15) is 53.4 Å². The fourth-order valence-corrected chi connectivity index (χ4v) is 2.59. The van der Waals surface area contributed by atoms with Crippen LogP contribution in [-0.4, -0.2) is 11.1 Å². The molecule has 2 heteroatoms. The zero-order valence-electron chi connectivity index (χ0n) is 9.48. The number of nitrogens with two attached hydrogens (primary N) is 2. The van der Waals surface area contributed by atoms with Gasteiger partial charge in [-0.25, -0.2) is 0 Å². The van der Waals surface area contributed by atoms with Crippen molar-refractivity contribution in [2.75, 3.05) is 0 Å². The molecule has 1 saturated carbocycles. The maximum atomic E-state index is 6.11. The van der Waals surface area contributed by atoms with Gasteiger partial charge in [0.1, 0.15) is 0 Å². The van der Waals surface area contributed by atoms with Crippen molar-refractivity contribution in [1.82, 2.24) is 0 Å². The molecule has 1 rings (SSSR count). The molecule has 0 aromatic carbocycles. The molecule has 0 spiro atoms. The molecule has 0 atom stereocenters. The summed E-state index contributed by atoms with van der Waals surface area (Å²) in [4.78, 5) is 0. The van der Waals surface area contributed by atoms with E-state index in [1.54, 1.807) is 0 Å². The Morgan fingerprint density at radius 2 is 1.62 bits per heavy atom. The maximum absolute atomic E-state index is 6.11. The lowest BCUT2D eigenvalue weighted by Crippen LogP contribution is -2.40. The van der Waals surface area contributed by atoms with Gasteiger partial charge in [0.15, 0.2) is 0 Å². The van der Waals surface area contributed by atoms with Crippen LogP contribution in [-0.2, 0) is 0 Å². The van der Waals surface area contributed by atoms with Gasteiger partial charge in [0.2, 0.25) is 0 Å². The van der Waals surface area contributed by atoms with Crippen LogP contribution in [0.4, 0.5) is 0 Å². The van der Waals surface area contributed by atoms with E-state index in [0.717, 1.165) is 12.8 Å². The van der Waals surface area contributed by atoms with E-state index in [1.165, 1.54) is 12.8 Å². The van der Waals surface area contributed by atoms with Gasteiger partial charge in [-0.2, -0.15) is 0 Å². The van der Waals surface area contributed by atoms with Crippen molar-refractivity contribution in [2.45, 2.75) is 64.5 Å². The van der Waals surface area contributed by atoms with Crippen LogP contribution >= 0.6 is 0 Å². The summed E-state index contributed by atoms with van der Waals surface area (Å²) >= 11 is 0. The van der Waals surface area contributed by atoms with Crippen LogP contribution in [0.25, 0.3) is 0 Å². The standard InChI is InChI=1S/C11H24N2/c1-9(2,7-10(3,4)12)8-11(13)5-6-11/h5-8,12-13H2,1-4H3. The van der Waals surface area contributed by atoms with Crippen LogP contribution in [0.2, 0.25) is 0 Å². The molecule has 2 nitrogen and oxygen atoms in total. The molecule has 0 aromatic heterocycles. The first-order chi connectivity index (χ1) is 5.62. The molecular formula is C11H24N2. The summed E-state index contributed by atoms with van der Waals surface area (Å²) in [6, 6.07) is 0. The van der Waals surface area contributed by atoms with Crippen molar-refractivity contribution >= 4 is 0 Å². The van der Waals surface area contributed by atoms with Gasteiger partial charge in [-0.15, -0.1) is 0 Å². The topological polar surface area (TPSA) is 52.0 Å². The van der Waals surface area contributed by atoms with Crippen molar-refractivity contribution in [1.29, 1.82) is 0 Å². The van der Waals surface area contributed by atoms with E-state index in [4.69, 9.17) is 11.5 Å². The van der Waals surface area contributed by atoms with Gasteiger partial charge < -0.3 is 11.5 Å². The van der Waals surface area contributed by atoms with Crippen molar-refractivity contribution < 1.29 is 0 Å². The average molecular weight is 184 g/mol. The quantitative estimate of drug-likeness (QED) is 0.702. The van der Waals surface area contributed by atoms with Crippen molar-refractivity contribution in [3.05, 3.63) is 0 Å². The molecule has 1 aliphatic carbocycles. The third-order valence-corrected chi connectivity index (χ3v) is 2.66. The molecule has 0 heterocycles. The minimum Gasteiger partial charge on any atom is -0.326 e. The van der Waals surface area contributed by atoms with Crippen LogP contribution in [0, 0.1) is 5.41 Å². The molecule has 0 aliphatic heterocycles. The molecule has 13 heavy (non-hydrogen) atoms. The lowest BCUT2D eigenvalue weighted by molar-refractivity contribution is 0.220. The molecule has 1 fully saturated rings. The molecule has 0 saturated heterocycles. The minimum atomic E-state index is -0.0747. The van der Waals surface area contributed by atoms with E-state index in [2.05, 4.69) is 27.7 Å². The van der Waals surface area contributed by atoms with E-state index >= 15 is 0 Å². The Labute approximate surface area is 82.1 Å². The largest absolute Gasteiger partial charge is 0.326 e. The average Bonchev–Trinajstić information content (AvgIpc) is 2.36. The van der Waals surface area contributed by atoms with Crippen LogP contribution < -0.4 is 11.5 Å². The summed E-state index contributed by atoms with van der Waals surface area (Å²) < 4.78 is 0. The number of rotatable bonds is 4. The number of hydrogen-bond acceptors (Lipinski definition) is 2. The molecular weight excluding hydrogens is 160 g/mol. The second-order valence-corrected chi connectivity index (χ2v) is 6.37. The van der Waals surface area contributed by atoms with Crippen LogP contribution in [0.15, 0.2) is 0 Å².